The molecule has 0 radical (unpaired) electrons. The highest BCUT2D eigenvalue weighted by molar-refractivity contribution is 8.18. The van der Waals surface area contributed by atoms with Crippen molar-refractivity contribution in [3.63, 3.8) is 0 Å². The Labute approximate surface area is 204 Å². The number of non-ortho nitro benzene ring substituents is 1. The Hall–Kier alpha value is -4.39. The summed E-state index contributed by atoms with van der Waals surface area (Å²) in [5, 5.41) is 12.3. The van der Waals surface area contributed by atoms with Gasteiger partial charge in [-0.3, -0.25) is 29.4 Å². The van der Waals surface area contributed by atoms with Crippen LogP contribution in [0.15, 0.2) is 70.0 Å². The van der Waals surface area contributed by atoms with E-state index in [4.69, 9.17) is 4.42 Å². The standard InChI is InChI=1S/C23H14F3N3O6S/c24-23(25,26)14-2-1-3-15(10-14)27-20(30)12-28-21(31)19(36-22(28)32)11-17-8-9-18(35-17)13-4-6-16(7-5-13)29(33)34/h1-11H,12H2,(H,27,30)/b19-11-. The van der Waals surface area contributed by atoms with Gasteiger partial charge in [0.1, 0.15) is 18.1 Å². The van der Waals surface area contributed by atoms with Crippen LogP contribution in [0.4, 0.5) is 29.3 Å². The number of anilines is 1. The minimum atomic E-state index is -4.60. The third-order valence-electron chi connectivity index (χ3n) is 4.91. The molecule has 13 heteroatoms. The van der Waals surface area contributed by atoms with Crippen LogP contribution in [0.1, 0.15) is 11.3 Å². The lowest BCUT2D eigenvalue weighted by atomic mass is 10.1. The average molecular weight is 517 g/mol. The monoisotopic (exact) mass is 517 g/mol. The number of carbonyl (C=O) groups excluding carboxylic acids is 3. The number of nitrogens with zero attached hydrogens (tertiary/aromatic N) is 2. The lowest BCUT2D eigenvalue weighted by Crippen LogP contribution is -2.36. The van der Waals surface area contributed by atoms with Gasteiger partial charge in [0.25, 0.3) is 16.8 Å². The number of nitro groups is 1. The quantitative estimate of drug-likeness (QED) is 0.258. The fourth-order valence-electron chi connectivity index (χ4n) is 3.22. The number of amides is 3. The number of hydrogen-bond acceptors (Lipinski definition) is 7. The van der Waals surface area contributed by atoms with E-state index in [1.165, 1.54) is 42.5 Å². The number of furan rings is 1. The first-order valence-electron chi connectivity index (χ1n) is 10.1. The van der Waals surface area contributed by atoms with Crippen molar-refractivity contribution in [2.45, 2.75) is 6.18 Å². The molecule has 36 heavy (non-hydrogen) atoms. The predicted octanol–water partition coefficient (Wildman–Crippen LogP) is 5.55. The summed E-state index contributed by atoms with van der Waals surface area (Å²) < 4.78 is 44.2. The molecule has 2 aromatic carbocycles. The maximum absolute atomic E-state index is 12.8. The van der Waals surface area contributed by atoms with E-state index in [9.17, 15) is 37.7 Å². The minimum absolute atomic E-state index is 0.0172. The van der Waals surface area contributed by atoms with Crippen molar-refractivity contribution in [2.75, 3.05) is 11.9 Å². The molecule has 1 aromatic heterocycles. The summed E-state index contributed by atoms with van der Waals surface area (Å²) in [6, 6.07) is 12.7. The molecular weight excluding hydrogens is 503 g/mol. The Morgan fingerprint density at radius 1 is 1.11 bits per heavy atom. The zero-order valence-corrected chi connectivity index (χ0v) is 18.8. The van der Waals surface area contributed by atoms with Gasteiger partial charge in [-0.25, -0.2) is 0 Å². The van der Waals surface area contributed by atoms with Gasteiger partial charge in [-0.1, -0.05) is 6.07 Å². The number of rotatable bonds is 6. The van der Waals surface area contributed by atoms with Gasteiger partial charge in [0, 0.05) is 29.5 Å². The summed E-state index contributed by atoms with van der Waals surface area (Å²) in [4.78, 5) is 48.1. The molecule has 2 heterocycles. The highest BCUT2D eigenvalue weighted by Gasteiger charge is 2.37. The molecule has 1 fully saturated rings. The molecule has 1 aliphatic rings. The van der Waals surface area contributed by atoms with Crippen molar-refractivity contribution >= 4 is 46.3 Å². The van der Waals surface area contributed by atoms with Gasteiger partial charge in [0.15, 0.2) is 0 Å². The van der Waals surface area contributed by atoms with E-state index >= 15 is 0 Å². The number of carbonyl (C=O) groups is 3. The van der Waals surface area contributed by atoms with Gasteiger partial charge in [0.05, 0.1) is 15.4 Å². The number of nitro benzene ring substituents is 1. The van der Waals surface area contributed by atoms with Crippen LogP contribution in [0.5, 0.6) is 0 Å². The van der Waals surface area contributed by atoms with E-state index in [1.807, 2.05) is 0 Å². The number of benzene rings is 2. The number of nitrogens with one attached hydrogen (secondary N) is 1. The van der Waals surface area contributed by atoms with Crippen molar-refractivity contribution in [3.05, 3.63) is 87.0 Å². The van der Waals surface area contributed by atoms with Crippen molar-refractivity contribution < 1.29 is 36.9 Å². The topological polar surface area (TPSA) is 123 Å². The van der Waals surface area contributed by atoms with Gasteiger partial charge in [0.2, 0.25) is 5.91 Å². The van der Waals surface area contributed by atoms with Crippen LogP contribution in [0.2, 0.25) is 0 Å². The molecule has 0 unspecified atom stereocenters. The Balaban J connectivity index is 1.43. The number of halogens is 3. The molecule has 0 saturated carbocycles. The first-order valence-corrected chi connectivity index (χ1v) is 10.9. The molecule has 3 aromatic rings. The van der Waals surface area contributed by atoms with Gasteiger partial charge in [-0.2, -0.15) is 13.2 Å². The first kappa shape index (κ1) is 24.7. The van der Waals surface area contributed by atoms with Crippen LogP contribution in [-0.2, 0) is 15.8 Å². The fraction of sp³-hybridized carbons (Fsp3) is 0.0870. The smallest absolute Gasteiger partial charge is 0.416 e. The zero-order valence-electron chi connectivity index (χ0n) is 17.9. The number of imide groups is 1. The molecule has 1 aliphatic heterocycles. The Morgan fingerprint density at radius 2 is 1.83 bits per heavy atom. The van der Waals surface area contributed by atoms with Crippen molar-refractivity contribution in [2.24, 2.45) is 0 Å². The molecule has 0 spiro atoms. The highest BCUT2D eigenvalue weighted by Crippen LogP contribution is 2.34. The summed E-state index contributed by atoms with van der Waals surface area (Å²) in [5.41, 5.74) is -0.622. The van der Waals surface area contributed by atoms with Crippen LogP contribution < -0.4 is 5.32 Å². The summed E-state index contributed by atoms with van der Waals surface area (Å²) in [6.07, 6.45) is -3.29. The molecule has 1 saturated heterocycles. The maximum atomic E-state index is 12.8. The van der Waals surface area contributed by atoms with Crippen LogP contribution in [0.3, 0.4) is 0 Å². The molecule has 0 aliphatic carbocycles. The summed E-state index contributed by atoms with van der Waals surface area (Å²) in [7, 11) is 0. The molecule has 0 atom stereocenters. The van der Waals surface area contributed by atoms with E-state index in [0.717, 1.165) is 18.2 Å². The summed E-state index contributed by atoms with van der Waals surface area (Å²) in [5.74, 6) is -1.02. The molecule has 3 amide bonds. The van der Waals surface area contributed by atoms with Gasteiger partial charge in [-0.05, 0) is 54.2 Å². The largest absolute Gasteiger partial charge is 0.457 e. The second kappa shape index (κ2) is 9.70. The second-order valence-electron chi connectivity index (χ2n) is 7.40. The molecule has 1 N–H and O–H groups in total. The molecule has 0 bridgehead atoms. The van der Waals surface area contributed by atoms with Gasteiger partial charge in [-0.15, -0.1) is 0 Å². The van der Waals surface area contributed by atoms with Crippen LogP contribution >= 0.6 is 11.8 Å². The summed E-state index contributed by atoms with van der Waals surface area (Å²) >= 11 is 0.576. The Bertz CT molecular complexity index is 1400. The Morgan fingerprint density at radius 3 is 2.50 bits per heavy atom. The number of hydrogen-bond donors (Lipinski definition) is 1. The van der Waals surface area contributed by atoms with Gasteiger partial charge >= 0.3 is 6.18 Å². The minimum Gasteiger partial charge on any atom is -0.457 e. The zero-order chi connectivity index (χ0) is 26.0. The van der Waals surface area contributed by atoms with E-state index in [-0.39, 0.29) is 22.0 Å². The fourth-order valence-corrected chi connectivity index (χ4v) is 4.03. The molecule has 4 rings (SSSR count). The van der Waals surface area contributed by atoms with Crippen molar-refractivity contribution in [1.82, 2.24) is 4.90 Å². The summed E-state index contributed by atoms with van der Waals surface area (Å²) in [6.45, 7) is -0.690. The van der Waals surface area contributed by atoms with Crippen LogP contribution in [-0.4, -0.2) is 33.4 Å². The van der Waals surface area contributed by atoms with E-state index in [1.54, 1.807) is 6.07 Å². The first-order chi connectivity index (χ1) is 17.0. The van der Waals surface area contributed by atoms with Gasteiger partial charge < -0.3 is 9.73 Å². The second-order valence-corrected chi connectivity index (χ2v) is 8.39. The molecular formula is C23H14F3N3O6S. The third kappa shape index (κ3) is 5.46. The van der Waals surface area contributed by atoms with Crippen molar-refractivity contribution in [3.8, 4) is 11.3 Å². The predicted molar refractivity (Wildman–Crippen MR) is 124 cm³/mol. The Kier molecular flexibility index (Phi) is 6.66. The molecule has 9 nitrogen and oxygen atoms in total. The third-order valence-corrected chi connectivity index (χ3v) is 5.82. The van der Waals surface area contributed by atoms with Crippen LogP contribution in [0, 0.1) is 10.1 Å². The average Bonchev–Trinajstić information content (AvgIpc) is 3.39. The number of alkyl halides is 3. The number of thioether (sulfide) groups is 1. The lowest BCUT2D eigenvalue weighted by molar-refractivity contribution is -0.384. The normalized spacial score (nSPS) is 15.0. The van der Waals surface area contributed by atoms with E-state index in [0.29, 0.717) is 28.0 Å². The van der Waals surface area contributed by atoms with Crippen LogP contribution in [0.25, 0.3) is 17.4 Å². The SMILES string of the molecule is O=C(CN1C(=O)S/C(=C\c2ccc(-c3ccc([N+](=O)[O-])cc3)o2)C1=O)Nc1cccc(C(F)(F)F)c1. The maximum Gasteiger partial charge on any atom is 0.416 e. The lowest BCUT2D eigenvalue weighted by Gasteiger charge is -2.13. The van der Waals surface area contributed by atoms with E-state index < -0.39 is 40.3 Å². The van der Waals surface area contributed by atoms with Crippen molar-refractivity contribution in [1.29, 1.82) is 0 Å². The van der Waals surface area contributed by atoms with E-state index in [2.05, 4.69) is 5.32 Å². The molecule has 184 valence electrons. The highest BCUT2D eigenvalue weighted by atomic mass is 32.2.